The third-order valence-electron chi connectivity index (χ3n) is 4.47. The summed E-state index contributed by atoms with van der Waals surface area (Å²) in [7, 11) is 3.44. The highest BCUT2D eigenvalue weighted by atomic mass is 127. The van der Waals surface area contributed by atoms with Gasteiger partial charge in [-0.2, -0.15) is 0 Å². The van der Waals surface area contributed by atoms with Crippen molar-refractivity contribution in [3.63, 3.8) is 0 Å². The third-order valence-corrected chi connectivity index (χ3v) is 4.47. The topological polar surface area (TPSA) is 70.7 Å². The van der Waals surface area contributed by atoms with Gasteiger partial charge in [0.05, 0.1) is 13.2 Å². The van der Waals surface area contributed by atoms with Crippen LogP contribution in [0.1, 0.15) is 16.8 Å². The molecule has 0 saturated heterocycles. The molecule has 1 aromatic heterocycles. The van der Waals surface area contributed by atoms with Gasteiger partial charge in [-0.25, -0.2) is 0 Å². The molecule has 3 aromatic rings. The zero-order valence-corrected chi connectivity index (χ0v) is 19.4. The maximum Gasteiger partial charge on any atom is 0.191 e. The molecule has 29 heavy (non-hydrogen) atoms. The summed E-state index contributed by atoms with van der Waals surface area (Å²) >= 11 is 0. The van der Waals surface area contributed by atoms with Crippen molar-refractivity contribution in [2.45, 2.75) is 20.0 Å². The Labute approximate surface area is 189 Å². The number of benzene rings is 2. The van der Waals surface area contributed by atoms with E-state index in [0.717, 1.165) is 34.0 Å². The van der Waals surface area contributed by atoms with Crippen molar-refractivity contribution >= 4 is 40.8 Å². The van der Waals surface area contributed by atoms with E-state index in [1.807, 2.05) is 18.2 Å². The molecular formula is C22H29IN4O2. The van der Waals surface area contributed by atoms with E-state index in [1.165, 1.54) is 5.39 Å². The molecule has 3 rings (SSSR count). The number of fused-ring (bicyclic) bond motifs is 1. The molecule has 0 radical (unpaired) electrons. The van der Waals surface area contributed by atoms with Crippen molar-refractivity contribution in [3.8, 4) is 5.75 Å². The molecule has 7 heteroatoms. The number of aliphatic imine (C=N–C) groups is 1. The highest BCUT2D eigenvalue weighted by Gasteiger charge is 2.07. The molecule has 3 N–H and O–H groups in total. The van der Waals surface area contributed by atoms with Crippen LogP contribution in [-0.2, 0) is 17.8 Å². The molecule has 0 aliphatic rings. The molecule has 0 fully saturated rings. The van der Waals surface area contributed by atoms with Crippen LogP contribution in [0, 0.1) is 6.92 Å². The Hall–Kier alpha value is -2.26. The zero-order chi connectivity index (χ0) is 19.8. The number of halogens is 1. The average Bonchev–Trinajstić information content (AvgIpc) is 3.12. The number of para-hydroxylation sites is 1. The van der Waals surface area contributed by atoms with Crippen LogP contribution in [0.4, 0.5) is 0 Å². The molecule has 0 unspecified atom stereocenters. The lowest BCUT2D eigenvalue weighted by Crippen LogP contribution is -2.36. The normalized spacial score (nSPS) is 11.2. The summed E-state index contributed by atoms with van der Waals surface area (Å²) in [5.41, 5.74) is 4.50. The highest BCUT2D eigenvalue weighted by molar-refractivity contribution is 14.0. The first-order valence-electron chi connectivity index (χ1n) is 9.42. The summed E-state index contributed by atoms with van der Waals surface area (Å²) in [6, 6.07) is 16.6. The van der Waals surface area contributed by atoms with Gasteiger partial charge < -0.3 is 25.1 Å². The van der Waals surface area contributed by atoms with Gasteiger partial charge in [0.2, 0.25) is 0 Å². The van der Waals surface area contributed by atoms with Crippen LogP contribution in [-0.4, -0.2) is 38.3 Å². The van der Waals surface area contributed by atoms with E-state index in [4.69, 9.17) is 9.47 Å². The zero-order valence-electron chi connectivity index (χ0n) is 17.1. The Morgan fingerprint density at radius 2 is 1.83 bits per heavy atom. The molecule has 0 aliphatic heterocycles. The summed E-state index contributed by atoms with van der Waals surface area (Å²) in [5.74, 6) is 1.61. The number of nitrogens with one attached hydrogen (secondary N) is 3. The van der Waals surface area contributed by atoms with E-state index in [-0.39, 0.29) is 24.0 Å². The summed E-state index contributed by atoms with van der Waals surface area (Å²) in [5, 5.41) is 7.91. The van der Waals surface area contributed by atoms with Crippen LogP contribution in [0.25, 0.3) is 10.9 Å². The van der Waals surface area contributed by atoms with E-state index in [2.05, 4.69) is 57.9 Å². The summed E-state index contributed by atoms with van der Waals surface area (Å²) in [4.78, 5) is 7.73. The lowest BCUT2D eigenvalue weighted by Gasteiger charge is -2.15. The minimum atomic E-state index is 0. The van der Waals surface area contributed by atoms with Crippen molar-refractivity contribution in [2.24, 2.45) is 4.99 Å². The van der Waals surface area contributed by atoms with Crippen molar-refractivity contribution in [2.75, 3.05) is 27.4 Å². The minimum Gasteiger partial charge on any atom is -0.491 e. The van der Waals surface area contributed by atoms with Gasteiger partial charge in [0.1, 0.15) is 12.4 Å². The van der Waals surface area contributed by atoms with E-state index in [0.29, 0.717) is 26.3 Å². The number of rotatable bonds is 8. The largest absolute Gasteiger partial charge is 0.491 e. The molecule has 156 valence electrons. The van der Waals surface area contributed by atoms with E-state index >= 15 is 0 Å². The summed E-state index contributed by atoms with van der Waals surface area (Å²) < 4.78 is 10.9. The van der Waals surface area contributed by atoms with Crippen molar-refractivity contribution in [1.82, 2.24) is 15.6 Å². The van der Waals surface area contributed by atoms with Gasteiger partial charge in [0.15, 0.2) is 5.96 Å². The number of aromatic nitrogens is 1. The predicted octanol–water partition coefficient (Wildman–Crippen LogP) is 3.98. The van der Waals surface area contributed by atoms with Gasteiger partial charge in [-0.05, 0) is 36.1 Å². The fraction of sp³-hybridized carbons (Fsp3) is 0.318. The number of aryl methyl sites for hydroxylation is 1. The average molecular weight is 508 g/mol. The van der Waals surface area contributed by atoms with Gasteiger partial charge >= 0.3 is 0 Å². The van der Waals surface area contributed by atoms with Gasteiger partial charge in [-0.3, -0.25) is 4.99 Å². The molecule has 0 bridgehead atoms. The maximum atomic E-state index is 5.86. The van der Waals surface area contributed by atoms with E-state index < -0.39 is 0 Å². The Morgan fingerprint density at radius 3 is 2.59 bits per heavy atom. The van der Waals surface area contributed by atoms with Gasteiger partial charge in [0, 0.05) is 37.5 Å². The quantitative estimate of drug-likeness (QED) is 0.186. The Morgan fingerprint density at radius 1 is 1.03 bits per heavy atom. The van der Waals surface area contributed by atoms with Gasteiger partial charge in [0.25, 0.3) is 0 Å². The molecule has 0 aliphatic carbocycles. The molecule has 0 saturated carbocycles. The fourth-order valence-electron chi connectivity index (χ4n) is 2.98. The number of nitrogens with zero attached hydrogens (tertiary/aromatic N) is 1. The number of methoxy groups -OCH3 is 1. The SMILES string of the molecule is CN=C(NCc1cc2ccccc2[nH]1)NCc1ccc(C)cc1OCCOC.I. The minimum absolute atomic E-state index is 0. The summed E-state index contributed by atoms with van der Waals surface area (Å²) in [6.45, 7) is 4.43. The second-order valence-corrected chi connectivity index (χ2v) is 6.61. The fourth-order valence-corrected chi connectivity index (χ4v) is 2.98. The third kappa shape index (κ3) is 6.64. The Balaban J connectivity index is 0.00000300. The number of guanidine groups is 1. The Kier molecular flexibility index (Phi) is 9.27. The second kappa shape index (κ2) is 11.7. The molecule has 2 aromatic carbocycles. The predicted molar refractivity (Wildman–Crippen MR) is 129 cm³/mol. The maximum absolute atomic E-state index is 5.86. The van der Waals surface area contributed by atoms with E-state index in [1.54, 1.807) is 14.2 Å². The number of hydrogen-bond donors (Lipinski definition) is 3. The van der Waals surface area contributed by atoms with Crippen LogP contribution in [0.3, 0.4) is 0 Å². The first kappa shape index (κ1) is 23.0. The van der Waals surface area contributed by atoms with Crippen LogP contribution < -0.4 is 15.4 Å². The van der Waals surface area contributed by atoms with Crippen LogP contribution >= 0.6 is 24.0 Å². The van der Waals surface area contributed by atoms with Crippen LogP contribution in [0.2, 0.25) is 0 Å². The first-order valence-corrected chi connectivity index (χ1v) is 9.42. The Bertz CT molecular complexity index is 906. The molecular weight excluding hydrogens is 479 g/mol. The van der Waals surface area contributed by atoms with Crippen LogP contribution in [0.5, 0.6) is 5.75 Å². The van der Waals surface area contributed by atoms with Crippen LogP contribution in [0.15, 0.2) is 53.5 Å². The smallest absolute Gasteiger partial charge is 0.191 e. The number of hydrogen-bond acceptors (Lipinski definition) is 3. The number of aromatic amines is 1. The van der Waals surface area contributed by atoms with Crippen molar-refractivity contribution in [3.05, 3.63) is 65.4 Å². The lowest BCUT2D eigenvalue weighted by molar-refractivity contribution is 0.145. The lowest BCUT2D eigenvalue weighted by atomic mass is 10.1. The monoisotopic (exact) mass is 508 g/mol. The first-order chi connectivity index (χ1) is 13.7. The molecule has 0 spiro atoms. The number of ether oxygens (including phenoxy) is 2. The molecule has 0 atom stereocenters. The molecule has 1 heterocycles. The van der Waals surface area contributed by atoms with Gasteiger partial charge in [-0.1, -0.05) is 30.3 Å². The van der Waals surface area contributed by atoms with E-state index in [9.17, 15) is 0 Å². The highest BCUT2D eigenvalue weighted by Crippen LogP contribution is 2.20. The second-order valence-electron chi connectivity index (χ2n) is 6.61. The standard InChI is InChI=1S/C22H28N4O2.HI/c1-16-8-9-18(21(12-16)28-11-10-27-3)14-24-22(23-2)25-15-19-13-17-6-4-5-7-20(17)26-19;/h4-9,12-13,26H,10-11,14-15H2,1-3H3,(H2,23,24,25);1H. The van der Waals surface area contributed by atoms with Gasteiger partial charge in [-0.15, -0.1) is 24.0 Å². The summed E-state index contributed by atoms with van der Waals surface area (Å²) in [6.07, 6.45) is 0. The van der Waals surface area contributed by atoms with Crippen molar-refractivity contribution < 1.29 is 9.47 Å². The molecule has 0 amide bonds. The molecule has 6 nitrogen and oxygen atoms in total. The number of H-pyrrole nitrogens is 1. The van der Waals surface area contributed by atoms with Crippen molar-refractivity contribution in [1.29, 1.82) is 0 Å².